The monoisotopic (exact) mass is 333 g/mol. The van der Waals surface area contributed by atoms with Crippen molar-refractivity contribution in [2.75, 3.05) is 19.5 Å². The quantitative estimate of drug-likeness (QED) is 0.483. The summed E-state index contributed by atoms with van der Waals surface area (Å²) < 4.78 is 10.2. The molecule has 0 heterocycles. The predicted molar refractivity (Wildman–Crippen MR) is 93.6 cm³/mol. The molecule has 0 fully saturated rings. The van der Waals surface area contributed by atoms with E-state index >= 15 is 0 Å². The molecule has 23 heavy (non-hydrogen) atoms. The van der Waals surface area contributed by atoms with Crippen molar-refractivity contribution in [2.24, 2.45) is 0 Å². The van der Waals surface area contributed by atoms with E-state index in [9.17, 15) is 10.2 Å². The summed E-state index contributed by atoms with van der Waals surface area (Å²) in [7, 11) is 2.92. The second-order valence-electron chi connectivity index (χ2n) is 4.77. The number of thiol groups is 1. The van der Waals surface area contributed by atoms with Gasteiger partial charge in [-0.25, -0.2) is 0 Å². The zero-order valence-electron chi connectivity index (χ0n) is 12.9. The van der Waals surface area contributed by atoms with E-state index in [2.05, 4.69) is 17.9 Å². The van der Waals surface area contributed by atoms with Gasteiger partial charge in [-0.3, -0.25) is 0 Å². The van der Waals surface area contributed by atoms with Crippen LogP contribution in [-0.2, 0) is 0 Å². The van der Waals surface area contributed by atoms with Gasteiger partial charge < -0.3 is 25.0 Å². The van der Waals surface area contributed by atoms with Crippen molar-refractivity contribution < 1.29 is 19.7 Å². The summed E-state index contributed by atoms with van der Waals surface area (Å²) in [5.41, 5.74) is 1.50. The number of rotatable bonds is 6. The molecule has 3 N–H and O–H groups in total. The van der Waals surface area contributed by atoms with E-state index in [1.165, 1.54) is 14.2 Å². The van der Waals surface area contributed by atoms with Crippen LogP contribution in [0.4, 0.5) is 5.69 Å². The summed E-state index contributed by atoms with van der Waals surface area (Å²) in [5, 5.41) is 22.8. The number of methoxy groups -OCH3 is 2. The van der Waals surface area contributed by atoms with Crippen LogP contribution in [0.15, 0.2) is 47.4 Å². The van der Waals surface area contributed by atoms with Crippen LogP contribution in [0, 0.1) is 0 Å². The topological polar surface area (TPSA) is 71.0 Å². The first-order chi connectivity index (χ1) is 11.0. The smallest absolute Gasteiger partial charge is 0.200 e. The molecule has 1 unspecified atom stereocenters. The Balaban J connectivity index is 2.11. The molecule has 0 saturated carbocycles. The highest BCUT2D eigenvalue weighted by Crippen LogP contribution is 2.37. The highest BCUT2D eigenvalue weighted by molar-refractivity contribution is 7.80. The van der Waals surface area contributed by atoms with E-state index < -0.39 is 6.23 Å². The van der Waals surface area contributed by atoms with Crippen LogP contribution in [0.2, 0.25) is 0 Å². The number of aliphatic hydroxyl groups is 1. The Kier molecular flexibility index (Phi) is 5.78. The minimum absolute atomic E-state index is 0.0577. The largest absolute Gasteiger partial charge is 0.502 e. The van der Waals surface area contributed by atoms with E-state index in [0.717, 1.165) is 16.1 Å². The third kappa shape index (κ3) is 4.58. The Morgan fingerprint density at radius 1 is 1.09 bits per heavy atom. The molecule has 0 spiro atoms. The number of phenols is 1. The van der Waals surface area contributed by atoms with Crippen LogP contribution in [0.5, 0.6) is 17.2 Å². The molecule has 0 aliphatic rings. The van der Waals surface area contributed by atoms with Gasteiger partial charge in [-0.15, -0.1) is 12.6 Å². The second-order valence-corrected chi connectivity index (χ2v) is 5.29. The zero-order chi connectivity index (χ0) is 16.8. The van der Waals surface area contributed by atoms with Crippen molar-refractivity contribution in [3.05, 3.63) is 48.0 Å². The maximum atomic E-state index is 10.0. The molecule has 2 rings (SSSR count). The van der Waals surface area contributed by atoms with E-state index in [1.54, 1.807) is 24.3 Å². The molecule has 0 aromatic heterocycles. The average Bonchev–Trinajstić information content (AvgIpc) is 2.56. The summed E-state index contributed by atoms with van der Waals surface area (Å²) in [6.07, 6.45) is 2.42. The average molecular weight is 333 g/mol. The molecule has 122 valence electrons. The van der Waals surface area contributed by atoms with Crippen molar-refractivity contribution >= 4 is 24.4 Å². The first-order valence-corrected chi connectivity index (χ1v) is 7.35. The maximum absolute atomic E-state index is 10.0. The second kappa shape index (κ2) is 7.80. The highest BCUT2D eigenvalue weighted by Gasteiger charge is 2.10. The lowest BCUT2D eigenvalue weighted by molar-refractivity contribution is 0.253. The molecule has 2 aromatic carbocycles. The van der Waals surface area contributed by atoms with Crippen LogP contribution in [0.3, 0.4) is 0 Å². The van der Waals surface area contributed by atoms with Crippen LogP contribution in [0.25, 0.3) is 6.08 Å². The SMILES string of the molecule is COc1cc(/C=C/C(O)Nc2ccc(S)cc2)cc(OC)c1O. The van der Waals surface area contributed by atoms with E-state index in [4.69, 9.17) is 9.47 Å². The lowest BCUT2D eigenvalue weighted by Crippen LogP contribution is -2.15. The van der Waals surface area contributed by atoms with E-state index in [-0.39, 0.29) is 5.75 Å². The molecule has 6 heteroatoms. The van der Waals surface area contributed by atoms with Gasteiger partial charge >= 0.3 is 0 Å². The fraction of sp³-hybridized carbons (Fsp3) is 0.176. The molecule has 1 atom stereocenters. The summed E-state index contributed by atoms with van der Waals surface area (Å²) in [4.78, 5) is 0.851. The lowest BCUT2D eigenvalue weighted by atomic mass is 10.1. The number of nitrogens with one attached hydrogen (secondary N) is 1. The highest BCUT2D eigenvalue weighted by atomic mass is 32.1. The number of hydrogen-bond acceptors (Lipinski definition) is 6. The number of phenolic OH excluding ortho intramolecular Hbond substituents is 1. The predicted octanol–water partition coefficient (Wildman–Crippen LogP) is 3.14. The Hall–Kier alpha value is -2.31. The maximum Gasteiger partial charge on any atom is 0.200 e. The van der Waals surface area contributed by atoms with Gasteiger partial charge in [0.2, 0.25) is 5.75 Å². The standard InChI is InChI=1S/C17H19NO4S/c1-21-14-9-11(10-15(22-2)17(14)20)3-8-16(19)18-12-4-6-13(23)7-5-12/h3-10,16,18-20,23H,1-2H3/b8-3+. The van der Waals surface area contributed by atoms with Gasteiger partial charge in [-0.2, -0.15) is 0 Å². The normalized spacial score (nSPS) is 12.2. The molecule has 0 saturated heterocycles. The molecule has 0 amide bonds. The van der Waals surface area contributed by atoms with Crippen LogP contribution in [-0.4, -0.2) is 30.7 Å². The van der Waals surface area contributed by atoms with Gasteiger partial charge in [0.05, 0.1) is 14.2 Å². The van der Waals surface area contributed by atoms with E-state index in [0.29, 0.717) is 11.5 Å². The number of benzene rings is 2. The summed E-state index contributed by atoms with van der Waals surface area (Å²) >= 11 is 4.21. The molecule has 0 aliphatic carbocycles. The molecule has 0 bridgehead atoms. The summed E-state index contributed by atoms with van der Waals surface area (Å²) in [6, 6.07) is 10.6. The minimum atomic E-state index is -0.869. The zero-order valence-corrected chi connectivity index (χ0v) is 13.7. The summed E-state index contributed by atoms with van der Waals surface area (Å²) in [6.45, 7) is 0. The van der Waals surface area contributed by atoms with Crippen LogP contribution in [0.1, 0.15) is 5.56 Å². The third-order valence-corrected chi connectivity index (χ3v) is 3.45. The molecular formula is C17H19NO4S. The van der Waals surface area contributed by atoms with Gasteiger partial charge in [0.1, 0.15) is 6.23 Å². The van der Waals surface area contributed by atoms with Crippen molar-refractivity contribution in [2.45, 2.75) is 11.1 Å². The first kappa shape index (κ1) is 17.1. The fourth-order valence-corrected chi connectivity index (χ4v) is 2.14. The molecule has 2 aromatic rings. The molecule has 5 nitrogen and oxygen atoms in total. The van der Waals surface area contributed by atoms with Gasteiger partial charge in [-0.1, -0.05) is 6.08 Å². The summed E-state index contributed by atoms with van der Waals surface area (Å²) in [5.74, 6) is 0.546. The van der Waals surface area contributed by atoms with Crippen molar-refractivity contribution in [3.8, 4) is 17.2 Å². The van der Waals surface area contributed by atoms with Gasteiger partial charge in [-0.05, 0) is 48.0 Å². The first-order valence-electron chi connectivity index (χ1n) is 6.90. The lowest BCUT2D eigenvalue weighted by Gasteiger charge is -2.11. The van der Waals surface area contributed by atoms with Crippen molar-refractivity contribution in [1.82, 2.24) is 0 Å². The molecule has 0 radical (unpaired) electrons. The minimum Gasteiger partial charge on any atom is -0.502 e. The van der Waals surface area contributed by atoms with Crippen LogP contribution < -0.4 is 14.8 Å². The van der Waals surface area contributed by atoms with E-state index in [1.807, 2.05) is 24.3 Å². The Morgan fingerprint density at radius 3 is 2.17 bits per heavy atom. The third-order valence-electron chi connectivity index (χ3n) is 3.15. The molecular weight excluding hydrogens is 314 g/mol. The number of anilines is 1. The fourth-order valence-electron chi connectivity index (χ4n) is 1.99. The Bertz CT molecular complexity index is 660. The number of aromatic hydroxyl groups is 1. The number of aliphatic hydroxyl groups excluding tert-OH is 1. The number of ether oxygens (including phenoxy) is 2. The van der Waals surface area contributed by atoms with Crippen molar-refractivity contribution in [3.63, 3.8) is 0 Å². The van der Waals surface area contributed by atoms with Gasteiger partial charge in [0.15, 0.2) is 11.5 Å². The van der Waals surface area contributed by atoms with Gasteiger partial charge in [0, 0.05) is 10.6 Å². The number of hydrogen-bond donors (Lipinski definition) is 4. The van der Waals surface area contributed by atoms with Crippen LogP contribution >= 0.6 is 12.6 Å². The van der Waals surface area contributed by atoms with Gasteiger partial charge in [0.25, 0.3) is 0 Å². The Morgan fingerprint density at radius 2 is 1.65 bits per heavy atom. The van der Waals surface area contributed by atoms with Crippen molar-refractivity contribution in [1.29, 1.82) is 0 Å². The Labute approximate surface area is 140 Å². The molecule has 0 aliphatic heterocycles.